The van der Waals surface area contributed by atoms with Gasteiger partial charge in [0.05, 0.1) is 12.3 Å². The first-order chi connectivity index (χ1) is 18.5. The van der Waals surface area contributed by atoms with Crippen molar-refractivity contribution in [3.63, 3.8) is 0 Å². The molecule has 0 saturated carbocycles. The van der Waals surface area contributed by atoms with Crippen LogP contribution in [0.25, 0.3) is 0 Å². The van der Waals surface area contributed by atoms with Crippen LogP contribution in [0.1, 0.15) is 51.2 Å². The first-order valence-corrected chi connectivity index (χ1v) is 15.4. The van der Waals surface area contributed by atoms with Gasteiger partial charge in [-0.15, -0.1) is 11.3 Å². The molecule has 2 heterocycles. The lowest BCUT2D eigenvalue weighted by atomic mass is 9.84. The van der Waals surface area contributed by atoms with Crippen molar-refractivity contribution < 1.29 is 18.0 Å². The maximum Gasteiger partial charge on any atom is 0.240 e. The number of aryl methyl sites for hydroxylation is 1. The van der Waals surface area contributed by atoms with Crippen LogP contribution in [0.2, 0.25) is 0 Å². The molecule has 1 unspecified atom stereocenters. The van der Waals surface area contributed by atoms with Gasteiger partial charge in [-0.1, -0.05) is 60.7 Å². The van der Waals surface area contributed by atoms with Crippen LogP contribution in [-0.4, -0.2) is 50.8 Å². The second kappa shape index (κ2) is 12.2. The van der Waals surface area contributed by atoms with Gasteiger partial charge in [0, 0.05) is 21.2 Å². The zero-order chi connectivity index (χ0) is 28.2. The number of nitrogens with two attached hydrogens (primary N) is 1. The van der Waals surface area contributed by atoms with E-state index in [0.29, 0.717) is 23.4 Å². The number of amidine groups is 1. The van der Waals surface area contributed by atoms with Crippen LogP contribution in [0.5, 0.6) is 0 Å². The maximum atomic E-state index is 14.1. The SMILES string of the molecule is Cc1sc(C(NC(=O)[C@H](NS(C)(=O)=O)C(c2ccccc2)c2ccccc2)C(=O)[C@@H]2CCCN2)cc1C(=N)N. The molecule has 1 amide bonds. The van der Waals surface area contributed by atoms with E-state index in [9.17, 15) is 18.0 Å². The molecule has 0 aliphatic carbocycles. The van der Waals surface area contributed by atoms with Crippen molar-refractivity contribution in [2.24, 2.45) is 5.73 Å². The summed E-state index contributed by atoms with van der Waals surface area (Å²) in [6.45, 7) is 2.50. The van der Waals surface area contributed by atoms with Crippen LogP contribution in [-0.2, 0) is 19.6 Å². The van der Waals surface area contributed by atoms with Crippen LogP contribution in [0.4, 0.5) is 0 Å². The molecule has 206 valence electrons. The Kier molecular flexibility index (Phi) is 8.96. The minimum atomic E-state index is -3.83. The van der Waals surface area contributed by atoms with E-state index in [1.807, 2.05) is 60.7 Å². The lowest BCUT2D eigenvalue weighted by molar-refractivity contribution is -0.129. The number of benzene rings is 2. The average Bonchev–Trinajstić information content (AvgIpc) is 3.57. The predicted molar refractivity (Wildman–Crippen MR) is 153 cm³/mol. The molecule has 0 bridgehead atoms. The van der Waals surface area contributed by atoms with Gasteiger partial charge in [0.25, 0.3) is 0 Å². The third-order valence-electron chi connectivity index (χ3n) is 6.76. The fourth-order valence-corrected chi connectivity index (χ4v) is 6.77. The average molecular weight is 568 g/mol. The Bertz CT molecular complexity index is 1400. The Balaban J connectivity index is 1.77. The molecule has 1 aromatic heterocycles. The Hall–Kier alpha value is -3.38. The van der Waals surface area contributed by atoms with Gasteiger partial charge < -0.3 is 16.4 Å². The second-order valence-electron chi connectivity index (χ2n) is 9.69. The molecule has 3 aromatic rings. The summed E-state index contributed by atoms with van der Waals surface area (Å²) in [5, 5.41) is 13.9. The van der Waals surface area contributed by atoms with Crippen molar-refractivity contribution in [2.45, 2.75) is 43.8 Å². The molecule has 1 aliphatic heterocycles. The molecule has 0 spiro atoms. The van der Waals surface area contributed by atoms with Gasteiger partial charge in [0.15, 0.2) is 5.78 Å². The van der Waals surface area contributed by atoms with Crippen molar-refractivity contribution in [2.75, 3.05) is 12.8 Å². The minimum Gasteiger partial charge on any atom is -0.384 e. The number of carbonyl (C=O) groups excluding carboxylic acids is 2. The standard InChI is InChI=1S/C28H33N5O4S2/c1-17-20(27(29)30)16-22(38-17)24(26(34)21-14-9-15-31-21)32-28(35)25(33-39(2,36)37)23(18-10-5-3-6-11-18)19-12-7-4-8-13-19/h3-8,10-13,16,21,23-25,31,33H,9,14-15H2,1-2H3,(H3,29,30)(H,32,35)/t21-,24?,25+/m0/s1. The van der Waals surface area contributed by atoms with E-state index < -0.39 is 40.0 Å². The summed E-state index contributed by atoms with van der Waals surface area (Å²) in [4.78, 5) is 29.1. The number of nitrogen functional groups attached to an aromatic ring is 1. The summed E-state index contributed by atoms with van der Waals surface area (Å²) >= 11 is 1.28. The topological polar surface area (TPSA) is 154 Å². The number of hydrogen-bond acceptors (Lipinski definition) is 7. The largest absolute Gasteiger partial charge is 0.384 e. The number of sulfonamides is 1. The maximum absolute atomic E-state index is 14.1. The number of hydrogen-bond donors (Lipinski definition) is 5. The van der Waals surface area contributed by atoms with Crippen molar-refractivity contribution in [3.05, 3.63) is 93.2 Å². The Morgan fingerprint density at radius 3 is 2.13 bits per heavy atom. The summed E-state index contributed by atoms with van der Waals surface area (Å²) in [5.41, 5.74) is 7.72. The lowest BCUT2D eigenvalue weighted by Gasteiger charge is -2.29. The van der Waals surface area contributed by atoms with E-state index >= 15 is 0 Å². The van der Waals surface area contributed by atoms with E-state index in [0.717, 1.165) is 28.7 Å². The minimum absolute atomic E-state index is 0.128. The van der Waals surface area contributed by atoms with Gasteiger partial charge >= 0.3 is 0 Å². The Labute approximate surface area is 232 Å². The Morgan fingerprint density at radius 2 is 1.67 bits per heavy atom. The number of Topliss-reactive ketones (excluding diaryl/α,β-unsaturated/α-hetero) is 1. The fourth-order valence-electron chi connectivity index (χ4n) is 4.96. The molecule has 4 rings (SSSR count). The number of rotatable bonds is 11. The molecular weight excluding hydrogens is 534 g/mol. The van der Waals surface area contributed by atoms with E-state index in [2.05, 4.69) is 15.4 Å². The van der Waals surface area contributed by atoms with E-state index in [4.69, 9.17) is 11.1 Å². The molecular formula is C28H33N5O4S2. The second-order valence-corrected chi connectivity index (χ2v) is 12.8. The van der Waals surface area contributed by atoms with E-state index in [1.165, 1.54) is 11.3 Å². The van der Waals surface area contributed by atoms with Gasteiger partial charge in [0.1, 0.15) is 17.9 Å². The number of ketones is 1. The molecule has 11 heteroatoms. The zero-order valence-electron chi connectivity index (χ0n) is 21.8. The molecule has 1 saturated heterocycles. The smallest absolute Gasteiger partial charge is 0.240 e. The quantitative estimate of drug-likeness (QED) is 0.177. The number of thiophene rings is 1. The molecule has 2 aromatic carbocycles. The Morgan fingerprint density at radius 1 is 1.08 bits per heavy atom. The number of amides is 1. The van der Waals surface area contributed by atoms with Crippen molar-refractivity contribution >= 4 is 38.9 Å². The van der Waals surface area contributed by atoms with Crippen molar-refractivity contribution in [1.82, 2.24) is 15.4 Å². The first kappa shape index (κ1) is 28.6. The van der Waals surface area contributed by atoms with Crippen molar-refractivity contribution in [3.8, 4) is 0 Å². The molecule has 39 heavy (non-hydrogen) atoms. The summed E-state index contributed by atoms with van der Waals surface area (Å²) in [7, 11) is -3.83. The number of carbonyl (C=O) groups is 2. The summed E-state index contributed by atoms with van der Waals surface area (Å²) in [5.74, 6) is -1.65. The third kappa shape index (κ3) is 6.99. The van der Waals surface area contributed by atoms with Crippen LogP contribution in [0.3, 0.4) is 0 Å². The highest BCUT2D eigenvalue weighted by Gasteiger charge is 2.38. The molecule has 9 nitrogen and oxygen atoms in total. The van der Waals surface area contributed by atoms with Gasteiger partial charge in [-0.2, -0.15) is 0 Å². The predicted octanol–water partition coefficient (Wildman–Crippen LogP) is 2.57. The highest BCUT2D eigenvalue weighted by molar-refractivity contribution is 7.88. The monoisotopic (exact) mass is 567 g/mol. The molecule has 1 fully saturated rings. The molecule has 0 radical (unpaired) electrons. The van der Waals surface area contributed by atoms with Crippen LogP contribution < -0.4 is 21.1 Å². The normalized spacial score (nSPS) is 17.1. The van der Waals surface area contributed by atoms with Gasteiger partial charge in [-0.05, 0) is 43.5 Å². The van der Waals surface area contributed by atoms with Gasteiger partial charge in [0.2, 0.25) is 15.9 Å². The summed E-state index contributed by atoms with van der Waals surface area (Å²) in [6, 6.07) is 17.3. The van der Waals surface area contributed by atoms with Crippen molar-refractivity contribution in [1.29, 1.82) is 5.41 Å². The molecule has 3 atom stereocenters. The van der Waals surface area contributed by atoms with E-state index in [-0.39, 0.29) is 11.6 Å². The first-order valence-electron chi connectivity index (χ1n) is 12.6. The highest BCUT2D eigenvalue weighted by atomic mass is 32.2. The summed E-state index contributed by atoms with van der Waals surface area (Å²) < 4.78 is 27.6. The third-order valence-corrected chi connectivity index (χ3v) is 8.56. The zero-order valence-corrected chi connectivity index (χ0v) is 23.4. The summed E-state index contributed by atoms with van der Waals surface area (Å²) in [6.07, 6.45) is 2.48. The fraction of sp³-hybridized carbons (Fsp3) is 0.321. The molecule has 1 aliphatic rings. The molecule has 6 N–H and O–H groups in total. The number of nitrogens with one attached hydrogen (secondary N) is 4. The van der Waals surface area contributed by atoms with Crippen LogP contribution >= 0.6 is 11.3 Å². The van der Waals surface area contributed by atoms with Crippen LogP contribution in [0, 0.1) is 12.3 Å². The highest BCUT2D eigenvalue weighted by Crippen LogP contribution is 2.32. The van der Waals surface area contributed by atoms with E-state index in [1.54, 1.807) is 13.0 Å². The van der Waals surface area contributed by atoms with Crippen LogP contribution in [0.15, 0.2) is 66.7 Å². The van der Waals surface area contributed by atoms with Gasteiger partial charge in [-0.25, -0.2) is 13.1 Å². The van der Waals surface area contributed by atoms with Gasteiger partial charge in [-0.3, -0.25) is 15.0 Å². The lowest BCUT2D eigenvalue weighted by Crippen LogP contribution is -2.52.